The zero-order chi connectivity index (χ0) is 16.3. The monoisotopic (exact) mass is 307 g/mol. The van der Waals surface area contributed by atoms with E-state index in [1.54, 1.807) is 24.3 Å². The number of fused-ring (bicyclic) bond motifs is 1. The summed E-state index contributed by atoms with van der Waals surface area (Å²) in [5, 5.41) is 2.47. The Morgan fingerprint density at radius 2 is 1.82 bits per heavy atom. The highest BCUT2D eigenvalue weighted by atomic mass is 16.2. The summed E-state index contributed by atoms with van der Waals surface area (Å²) in [5.74, 6) is -1.01. The molecule has 0 radical (unpaired) electrons. The molecule has 1 unspecified atom stereocenters. The third-order valence-electron chi connectivity index (χ3n) is 3.36. The number of amides is 2. The van der Waals surface area contributed by atoms with Gasteiger partial charge in [-0.1, -0.05) is 26.0 Å². The fourth-order valence-corrected chi connectivity index (χ4v) is 2.39. The number of nitrogens with zero attached hydrogens (tertiary/aromatic N) is 1. The molecule has 0 spiro atoms. The third-order valence-corrected chi connectivity index (χ3v) is 3.36. The molecule has 7 heteroatoms. The number of carbonyl (C=O) groups is 2. The van der Waals surface area contributed by atoms with Gasteiger partial charge in [-0.3, -0.25) is 19.7 Å². The van der Waals surface area contributed by atoms with E-state index in [9.17, 15) is 19.2 Å². The molecule has 2 aromatic rings. The number of aromatic amines is 1. The first-order valence-electron chi connectivity index (χ1n) is 7.15. The summed E-state index contributed by atoms with van der Waals surface area (Å²) in [7, 11) is 0. The van der Waals surface area contributed by atoms with Gasteiger partial charge in [0.05, 0.1) is 10.9 Å². The fraction of sp³-hybridized carbons (Fsp3) is 0.333. The van der Waals surface area contributed by atoms with Gasteiger partial charge in [-0.2, -0.15) is 0 Å². The maximum absolute atomic E-state index is 12.4. The lowest BCUT2D eigenvalue weighted by Crippen LogP contribution is -2.48. The number of H-pyrrole nitrogens is 1. The Labute approximate surface area is 128 Å². The molecule has 0 aliphatic carbocycles. The van der Waals surface area contributed by atoms with E-state index in [0.29, 0.717) is 10.9 Å². The van der Waals surface area contributed by atoms with E-state index in [1.807, 2.05) is 13.8 Å². The van der Waals surface area contributed by atoms with E-state index in [0.717, 1.165) is 4.57 Å². The van der Waals surface area contributed by atoms with Crippen LogP contribution in [0, 0.1) is 0 Å². The van der Waals surface area contributed by atoms with Gasteiger partial charge >= 0.3 is 5.69 Å². The first kappa shape index (κ1) is 15.7. The van der Waals surface area contributed by atoms with E-state index in [-0.39, 0.29) is 15.7 Å². The zero-order valence-corrected chi connectivity index (χ0v) is 12.4. The highest BCUT2D eigenvalue weighted by Gasteiger charge is 2.30. The van der Waals surface area contributed by atoms with Crippen LogP contribution in [0.3, 0.4) is 0 Å². The van der Waals surface area contributed by atoms with Gasteiger partial charge in [0.25, 0.3) is 5.56 Å². The minimum absolute atomic E-state index is 0. The number of para-hydroxylation sites is 1. The van der Waals surface area contributed by atoms with Crippen molar-refractivity contribution >= 4 is 22.7 Å². The lowest BCUT2D eigenvalue weighted by molar-refractivity contribution is -0.135. The summed E-state index contributed by atoms with van der Waals surface area (Å²) in [6.45, 7) is 4.00. The van der Waals surface area contributed by atoms with Gasteiger partial charge in [0.2, 0.25) is 11.8 Å². The van der Waals surface area contributed by atoms with E-state index in [1.165, 1.54) is 0 Å². The molecule has 1 aliphatic rings. The standard InChI is InChI=1S/C13H11N3O4.C2H6.2H2/c17-10-6-5-9(11(18)15-10)16-12(19)7-3-1-2-4-8(7)14-13(16)20;1-2;;/h1-4,9H,5-6H2,(H,14,20)(H,15,17,18);1-2H3;2*1H. The molecule has 2 heterocycles. The van der Waals surface area contributed by atoms with Crippen LogP contribution < -0.4 is 16.6 Å². The van der Waals surface area contributed by atoms with Gasteiger partial charge < -0.3 is 4.98 Å². The van der Waals surface area contributed by atoms with Crippen LogP contribution in [0.1, 0.15) is 35.6 Å². The molecule has 2 N–H and O–H groups in total. The molecule has 22 heavy (non-hydrogen) atoms. The van der Waals surface area contributed by atoms with Crippen molar-refractivity contribution in [2.75, 3.05) is 0 Å². The van der Waals surface area contributed by atoms with Gasteiger partial charge in [0.1, 0.15) is 6.04 Å². The number of aromatic nitrogens is 2. The van der Waals surface area contributed by atoms with Crippen LogP contribution in [0.4, 0.5) is 0 Å². The third kappa shape index (κ3) is 2.69. The second-order valence-corrected chi connectivity index (χ2v) is 4.62. The summed E-state index contributed by atoms with van der Waals surface area (Å²) in [6, 6.07) is 5.63. The van der Waals surface area contributed by atoms with Gasteiger partial charge in [0, 0.05) is 9.27 Å². The Hall–Kier alpha value is -2.70. The Balaban J connectivity index is 0.00000128. The molecule has 1 atom stereocenters. The van der Waals surface area contributed by atoms with Gasteiger partial charge in [0.15, 0.2) is 0 Å². The first-order valence-corrected chi connectivity index (χ1v) is 7.15. The second kappa shape index (κ2) is 6.38. The molecule has 0 bridgehead atoms. The van der Waals surface area contributed by atoms with Crippen molar-refractivity contribution in [3.05, 3.63) is 45.1 Å². The van der Waals surface area contributed by atoms with E-state index >= 15 is 0 Å². The highest BCUT2D eigenvalue weighted by Crippen LogP contribution is 2.15. The molecule has 3 rings (SSSR count). The SMILES string of the molecule is CC.O=C1CCC(n2c(=O)[nH]c3ccccc3c2=O)C(=O)N1.[HH].[HH]. The molecule has 1 aromatic carbocycles. The van der Waals surface area contributed by atoms with Crippen LogP contribution >= 0.6 is 0 Å². The summed E-state index contributed by atoms with van der Waals surface area (Å²) in [6.07, 6.45) is 0.251. The Morgan fingerprint density at radius 3 is 2.50 bits per heavy atom. The number of rotatable bonds is 1. The predicted molar refractivity (Wildman–Crippen MR) is 85.8 cm³/mol. The first-order chi connectivity index (χ1) is 10.6. The van der Waals surface area contributed by atoms with Crippen LogP contribution in [0.2, 0.25) is 0 Å². The molecule has 1 saturated heterocycles. The molecular weight excluding hydrogens is 286 g/mol. The average molecular weight is 307 g/mol. The van der Waals surface area contributed by atoms with Crippen molar-refractivity contribution < 1.29 is 12.4 Å². The van der Waals surface area contributed by atoms with E-state index in [2.05, 4.69) is 10.3 Å². The number of hydrogen-bond donors (Lipinski definition) is 2. The predicted octanol–water partition coefficient (Wildman–Crippen LogP) is 1.19. The maximum atomic E-state index is 12.4. The fourth-order valence-electron chi connectivity index (χ4n) is 2.39. The molecule has 7 nitrogen and oxygen atoms in total. The molecule has 2 amide bonds. The van der Waals surface area contributed by atoms with E-state index < -0.39 is 29.1 Å². The largest absolute Gasteiger partial charge is 0.329 e. The number of piperidine rings is 1. The van der Waals surface area contributed by atoms with Gasteiger partial charge in [-0.25, -0.2) is 9.36 Å². The summed E-state index contributed by atoms with van der Waals surface area (Å²) < 4.78 is 0.879. The average Bonchev–Trinajstić information content (AvgIpc) is 2.51. The van der Waals surface area contributed by atoms with Crippen molar-refractivity contribution in [2.24, 2.45) is 0 Å². The summed E-state index contributed by atoms with van der Waals surface area (Å²) >= 11 is 0. The Bertz CT molecular complexity index is 844. The van der Waals surface area contributed by atoms with Crippen molar-refractivity contribution in [3.8, 4) is 0 Å². The summed E-state index contributed by atoms with van der Waals surface area (Å²) in [4.78, 5) is 49.9. The van der Waals surface area contributed by atoms with Crippen LogP contribution in [-0.2, 0) is 9.59 Å². The quantitative estimate of drug-likeness (QED) is 0.773. The lowest BCUT2D eigenvalue weighted by atomic mass is 10.1. The zero-order valence-electron chi connectivity index (χ0n) is 12.4. The van der Waals surface area contributed by atoms with Crippen molar-refractivity contribution in [3.63, 3.8) is 0 Å². The summed E-state index contributed by atoms with van der Waals surface area (Å²) in [5.41, 5.74) is -0.756. The van der Waals surface area contributed by atoms with Crippen molar-refractivity contribution in [1.29, 1.82) is 0 Å². The number of benzene rings is 1. The number of hydrogen-bond acceptors (Lipinski definition) is 4. The highest BCUT2D eigenvalue weighted by molar-refractivity contribution is 5.99. The number of imide groups is 1. The lowest BCUT2D eigenvalue weighted by Gasteiger charge is -2.22. The second-order valence-electron chi connectivity index (χ2n) is 4.62. The maximum Gasteiger partial charge on any atom is 0.329 e. The Kier molecular flexibility index (Phi) is 4.55. The number of nitrogens with one attached hydrogen (secondary N) is 2. The molecule has 120 valence electrons. The molecule has 1 aliphatic heterocycles. The van der Waals surface area contributed by atoms with Crippen molar-refractivity contribution in [2.45, 2.75) is 32.7 Å². The molecule has 1 fully saturated rings. The van der Waals surface area contributed by atoms with Crippen LogP contribution in [0.15, 0.2) is 33.9 Å². The topological polar surface area (TPSA) is 101 Å². The molecule has 1 aromatic heterocycles. The normalized spacial score (nSPS) is 17.6. The van der Waals surface area contributed by atoms with Crippen molar-refractivity contribution in [1.82, 2.24) is 14.9 Å². The van der Waals surface area contributed by atoms with E-state index in [4.69, 9.17) is 0 Å². The van der Waals surface area contributed by atoms with Gasteiger partial charge in [-0.05, 0) is 18.6 Å². The van der Waals surface area contributed by atoms with Crippen LogP contribution in [0.5, 0.6) is 0 Å². The smallest absolute Gasteiger partial charge is 0.307 e. The number of carbonyl (C=O) groups excluding carboxylic acids is 2. The minimum atomic E-state index is -0.950. The molecular formula is C15H21N3O4. The van der Waals surface area contributed by atoms with Gasteiger partial charge in [-0.15, -0.1) is 0 Å². The Morgan fingerprint density at radius 1 is 1.14 bits per heavy atom. The minimum Gasteiger partial charge on any atom is -0.307 e. The van der Waals surface area contributed by atoms with Crippen LogP contribution in [0.25, 0.3) is 10.9 Å². The van der Waals surface area contributed by atoms with Crippen LogP contribution in [-0.4, -0.2) is 21.4 Å². The molecule has 0 saturated carbocycles.